The third kappa shape index (κ3) is 4.16. The SMILES string of the molecule is CCN(CC(=O)N(CC)CC)Cc1nc2ccccc2c(=O)[nH]1. The Bertz CT molecular complexity index is 722. The summed E-state index contributed by atoms with van der Waals surface area (Å²) < 4.78 is 0. The van der Waals surface area contributed by atoms with Crippen LogP contribution in [0.5, 0.6) is 0 Å². The molecule has 0 aliphatic rings. The number of carbonyl (C=O) groups excluding carboxylic acids is 1. The molecule has 0 aliphatic carbocycles. The molecule has 1 aromatic carbocycles. The number of hydrogen-bond donors (Lipinski definition) is 1. The predicted octanol–water partition coefficient (Wildman–Crippen LogP) is 1.61. The number of benzene rings is 1. The molecule has 23 heavy (non-hydrogen) atoms. The first-order chi connectivity index (χ1) is 11.1. The van der Waals surface area contributed by atoms with Crippen molar-refractivity contribution in [3.05, 3.63) is 40.4 Å². The van der Waals surface area contributed by atoms with Crippen LogP contribution in [0.15, 0.2) is 29.1 Å². The van der Waals surface area contributed by atoms with Crippen LogP contribution < -0.4 is 5.56 Å². The molecule has 0 aliphatic heterocycles. The van der Waals surface area contributed by atoms with E-state index in [1.165, 1.54) is 0 Å². The van der Waals surface area contributed by atoms with E-state index < -0.39 is 0 Å². The first kappa shape index (κ1) is 17.1. The Hall–Kier alpha value is -2.21. The third-order valence-corrected chi connectivity index (χ3v) is 3.96. The molecular formula is C17H24N4O2. The standard InChI is InChI=1S/C17H24N4O2/c1-4-20(12-16(22)21(5-2)6-3)11-15-18-14-10-8-7-9-13(14)17(23)19-15/h7-10H,4-6,11-12H2,1-3H3,(H,18,19,23). The summed E-state index contributed by atoms with van der Waals surface area (Å²) in [5, 5.41) is 0.582. The zero-order valence-corrected chi connectivity index (χ0v) is 14.0. The fraction of sp³-hybridized carbons (Fsp3) is 0.471. The summed E-state index contributed by atoms with van der Waals surface area (Å²) in [6.07, 6.45) is 0. The molecule has 0 spiro atoms. The highest BCUT2D eigenvalue weighted by atomic mass is 16.2. The van der Waals surface area contributed by atoms with Crippen molar-refractivity contribution in [3.63, 3.8) is 0 Å². The van der Waals surface area contributed by atoms with Crippen LogP contribution in [0.25, 0.3) is 10.9 Å². The van der Waals surface area contributed by atoms with Crippen molar-refractivity contribution in [2.45, 2.75) is 27.3 Å². The normalized spacial score (nSPS) is 11.1. The van der Waals surface area contributed by atoms with Crippen molar-refractivity contribution in [3.8, 4) is 0 Å². The second-order valence-corrected chi connectivity index (χ2v) is 5.40. The van der Waals surface area contributed by atoms with Gasteiger partial charge in [0.2, 0.25) is 5.91 Å². The van der Waals surface area contributed by atoms with E-state index in [0.29, 0.717) is 49.5 Å². The maximum Gasteiger partial charge on any atom is 0.258 e. The third-order valence-electron chi connectivity index (χ3n) is 3.96. The van der Waals surface area contributed by atoms with Gasteiger partial charge in [0, 0.05) is 13.1 Å². The molecule has 0 atom stereocenters. The molecule has 1 heterocycles. The average molecular weight is 316 g/mol. The molecule has 6 nitrogen and oxygen atoms in total. The lowest BCUT2D eigenvalue weighted by molar-refractivity contribution is -0.132. The zero-order chi connectivity index (χ0) is 16.8. The maximum atomic E-state index is 12.2. The van der Waals surface area contributed by atoms with Crippen LogP contribution in [0.4, 0.5) is 0 Å². The van der Waals surface area contributed by atoms with E-state index in [2.05, 4.69) is 9.97 Å². The van der Waals surface area contributed by atoms with Gasteiger partial charge in [-0.2, -0.15) is 0 Å². The second kappa shape index (κ2) is 7.87. The van der Waals surface area contributed by atoms with E-state index in [1.807, 2.05) is 43.9 Å². The first-order valence-electron chi connectivity index (χ1n) is 8.07. The molecule has 2 aromatic rings. The summed E-state index contributed by atoms with van der Waals surface area (Å²) in [4.78, 5) is 35.4. The molecule has 0 bridgehead atoms. The Balaban J connectivity index is 2.16. The number of amides is 1. The van der Waals surface area contributed by atoms with Gasteiger partial charge in [-0.3, -0.25) is 14.5 Å². The number of nitrogens with one attached hydrogen (secondary N) is 1. The van der Waals surface area contributed by atoms with Crippen LogP contribution in [-0.4, -0.2) is 51.9 Å². The first-order valence-corrected chi connectivity index (χ1v) is 8.07. The van der Waals surface area contributed by atoms with Gasteiger partial charge in [-0.05, 0) is 32.5 Å². The number of carbonyl (C=O) groups is 1. The van der Waals surface area contributed by atoms with Crippen LogP contribution in [0.1, 0.15) is 26.6 Å². The number of likely N-dealkylation sites (N-methyl/N-ethyl adjacent to an activating group) is 2. The number of nitrogens with zero attached hydrogens (tertiary/aromatic N) is 3. The van der Waals surface area contributed by atoms with Gasteiger partial charge in [-0.1, -0.05) is 19.1 Å². The number of H-pyrrole nitrogens is 1. The van der Waals surface area contributed by atoms with Crippen LogP contribution in [0.2, 0.25) is 0 Å². The summed E-state index contributed by atoms with van der Waals surface area (Å²) in [6.45, 7) is 8.84. The summed E-state index contributed by atoms with van der Waals surface area (Å²) in [5.74, 6) is 0.683. The minimum atomic E-state index is -0.142. The van der Waals surface area contributed by atoms with Crippen LogP contribution >= 0.6 is 0 Å². The molecule has 0 saturated carbocycles. The monoisotopic (exact) mass is 316 g/mol. The Morgan fingerprint density at radius 1 is 1.13 bits per heavy atom. The van der Waals surface area contributed by atoms with Gasteiger partial charge in [0.25, 0.3) is 5.56 Å². The highest BCUT2D eigenvalue weighted by Gasteiger charge is 2.15. The van der Waals surface area contributed by atoms with E-state index >= 15 is 0 Å². The number of hydrogen-bond acceptors (Lipinski definition) is 4. The van der Waals surface area contributed by atoms with Gasteiger partial charge in [0.15, 0.2) is 0 Å². The molecule has 0 radical (unpaired) electrons. The fourth-order valence-electron chi connectivity index (χ4n) is 2.57. The van der Waals surface area contributed by atoms with Crippen LogP contribution in [-0.2, 0) is 11.3 Å². The highest BCUT2D eigenvalue weighted by Crippen LogP contribution is 2.07. The van der Waals surface area contributed by atoms with Crippen LogP contribution in [0, 0.1) is 0 Å². The smallest absolute Gasteiger partial charge is 0.258 e. The van der Waals surface area contributed by atoms with Gasteiger partial charge in [-0.25, -0.2) is 4.98 Å². The summed E-state index contributed by atoms with van der Waals surface area (Å²) >= 11 is 0. The highest BCUT2D eigenvalue weighted by molar-refractivity contribution is 5.78. The second-order valence-electron chi connectivity index (χ2n) is 5.40. The molecule has 0 fully saturated rings. The number of rotatable bonds is 7. The Labute approximate surface area is 136 Å². The van der Waals surface area contributed by atoms with Gasteiger partial charge < -0.3 is 9.88 Å². The minimum Gasteiger partial charge on any atom is -0.342 e. The zero-order valence-electron chi connectivity index (χ0n) is 14.0. The van der Waals surface area contributed by atoms with E-state index in [4.69, 9.17) is 0 Å². The molecule has 2 rings (SSSR count). The van der Waals surface area contributed by atoms with Crippen molar-refractivity contribution < 1.29 is 4.79 Å². The quantitative estimate of drug-likeness (QED) is 0.842. The Kier molecular flexibility index (Phi) is 5.87. The van der Waals surface area contributed by atoms with E-state index in [0.717, 1.165) is 0 Å². The van der Waals surface area contributed by atoms with E-state index in [-0.39, 0.29) is 11.5 Å². The number of para-hydroxylation sites is 1. The molecule has 1 amide bonds. The molecule has 1 N–H and O–H groups in total. The molecule has 0 saturated heterocycles. The van der Waals surface area contributed by atoms with Gasteiger partial charge in [-0.15, -0.1) is 0 Å². The summed E-state index contributed by atoms with van der Waals surface area (Å²) in [5.41, 5.74) is 0.536. The average Bonchev–Trinajstić information content (AvgIpc) is 2.55. The van der Waals surface area contributed by atoms with E-state index in [9.17, 15) is 9.59 Å². The number of aromatic amines is 1. The van der Waals surface area contributed by atoms with Crippen LogP contribution in [0.3, 0.4) is 0 Å². The molecule has 6 heteroatoms. The van der Waals surface area contributed by atoms with Gasteiger partial charge in [0.05, 0.1) is 24.0 Å². The predicted molar refractivity (Wildman–Crippen MR) is 91.2 cm³/mol. The van der Waals surface area contributed by atoms with Crippen molar-refractivity contribution in [1.82, 2.24) is 19.8 Å². The molecule has 0 unspecified atom stereocenters. The topological polar surface area (TPSA) is 69.3 Å². The molecule has 1 aromatic heterocycles. The minimum absolute atomic E-state index is 0.0972. The van der Waals surface area contributed by atoms with Gasteiger partial charge in [0.1, 0.15) is 5.82 Å². The summed E-state index contributed by atoms with van der Waals surface area (Å²) in [6, 6.07) is 7.26. The molecule has 124 valence electrons. The molecular weight excluding hydrogens is 292 g/mol. The largest absolute Gasteiger partial charge is 0.342 e. The fourth-order valence-corrected chi connectivity index (χ4v) is 2.57. The van der Waals surface area contributed by atoms with Crippen molar-refractivity contribution >= 4 is 16.8 Å². The summed E-state index contributed by atoms with van der Waals surface area (Å²) in [7, 11) is 0. The number of fused-ring (bicyclic) bond motifs is 1. The van der Waals surface area contributed by atoms with Gasteiger partial charge >= 0.3 is 0 Å². The number of aromatic nitrogens is 2. The Morgan fingerprint density at radius 2 is 1.83 bits per heavy atom. The van der Waals surface area contributed by atoms with Crippen molar-refractivity contribution in [1.29, 1.82) is 0 Å². The lowest BCUT2D eigenvalue weighted by Crippen LogP contribution is -2.40. The Morgan fingerprint density at radius 3 is 2.48 bits per heavy atom. The van der Waals surface area contributed by atoms with Crippen molar-refractivity contribution in [2.24, 2.45) is 0 Å². The lowest BCUT2D eigenvalue weighted by Gasteiger charge is -2.24. The lowest BCUT2D eigenvalue weighted by atomic mass is 10.2. The maximum absolute atomic E-state index is 12.2. The van der Waals surface area contributed by atoms with Crippen molar-refractivity contribution in [2.75, 3.05) is 26.2 Å². The van der Waals surface area contributed by atoms with E-state index in [1.54, 1.807) is 11.0 Å².